The molecule has 10 aromatic rings. The normalized spacial score (nSPS) is 11.3. The fourth-order valence-corrected chi connectivity index (χ4v) is 8.39. The molecule has 0 N–H and O–H groups in total. The molecule has 10 rings (SSSR count). The lowest BCUT2D eigenvalue weighted by Gasteiger charge is -2.27. The first kappa shape index (κ1) is 42.9. The molecule has 0 aliphatic carbocycles. The van der Waals surface area contributed by atoms with Crippen LogP contribution in [-0.4, -0.2) is 93.4 Å². The lowest BCUT2D eigenvalue weighted by molar-refractivity contribution is 0.669. The number of nitrogens with zero attached hydrogens (tertiary/aromatic N) is 4. The fourth-order valence-electron chi connectivity index (χ4n) is 8.39. The number of hydrogen-bond acceptors (Lipinski definition) is 5. The first-order chi connectivity index (χ1) is 31.9. The Labute approximate surface area is 396 Å². The predicted molar refractivity (Wildman–Crippen MR) is 283 cm³/mol. The number of fused-ring (bicyclic) bond motifs is 3. The average molecular weight is 817 g/mol. The van der Waals surface area contributed by atoms with E-state index in [1.807, 2.05) is 109 Å². The van der Waals surface area contributed by atoms with E-state index >= 15 is 0 Å². The highest BCUT2D eigenvalue weighted by Gasteiger charge is 2.25. The third-order valence-electron chi connectivity index (χ3n) is 11.9. The highest BCUT2D eigenvalue weighted by Crippen LogP contribution is 2.46. The largest absolute Gasteiger partial charge is 0.454 e. The van der Waals surface area contributed by atoms with Crippen molar-refractivity contribution in [1.82, 2.24) is 15.0 Å². The maximum atomic E-state index is 6.86. The van der Waals surface area contributed by atoms with Gasteiger partial charge in [0, 0.05) is 38.8 Å². The topological polar surface area (TPSA) is 55.1 Å². The summed E-state index contributed by atoms with van der Waals surface area (Å²) in [6.45, 7) is 0. The molecule has 284 valence electrons. The standard InChI is InChI=1S/C51H24B10N4O/c52-38-35(39(53)43(57)46(60)42(38)56)27-17-21-30(22-18-27)65(29-19-15-26(16-20-29)25-9-3-1-4-10-25)33-24-23-32(36-31-13-7-8-14-34(31)66-48(33)36)50-62-49(28-11-5-2-6-12-28)63-51(64-50)37-40(54)44(58)47(61)45(59)41(37)55/h1-24H. The molecule has 15 heteroatoms. The zero-order valence-electron chi connectivity index (χ0n) is 35.3. The molecule has 2 aromatic heterocycles. The van der Waals surface area contributed by atoms with Crippen molar-refractivity contribution in [1.29, 1.82) is 0 Å². The van der Waals surface area contributed by atoms with Crippen molar-refractivity contribution in [3.05, 3.63) is 146 Å². The van der Waals surface area contributed by atoms with E-state index in [-0.39, 0.29) is 66.0 Å². The van der Waals surface area contributed by atoms with Crippen molar-refractivity contribution in [3.63, 3.8) is 0 Å². The molecule has 66 heavy (non-hydrogen) atoms. The minimum atomic E-state index is 0.0751. The lowest BCUT2D eigenvalue weighted by Crippen LogP contribution is -2.55. The van der Waals surface area contributed by atoms with Crippen LogP contribution in [0.4, 0.5) is 17.1 Å². The van der Waals surface area contributed by atoms with Crippen LogP contribution in [-0.2, 0) is 0 Å². The molecular formula is C51H24B10N4O. The van der Waals surface area contributed by atoms with E-state index in [0.29, 0.717) is 39.5 Å². The second-order valence-corrected chi connectivity index (χ2v) is 15.8. The number of furan rings is 1. The minimum absolute atomic E-state index is 0.0751. The van der Waals surface area contributed by atoms with Gasteiger partial charge in [0.1, 0.15) is 84.0 Å². The SMILES string of the molecule is [B]c1c([B])c([B])c(-c2ccc(N(c3ccc(-c4ccccc4)cc3)c3ccc(-c4nc(-c5ccccc5)nc(-c5c([B])c([B])c([B])c([B])c5[B])n4)c4c3oc3ccccc34)cc2)c([B])c1[B]. The van der Waals surface area contributed by atoms with Crippen LogP contribution in [0.15, 0.2) is 150 Å². The minimum Gasteiger partial charge on any atom is -0.454 e. The van der Waals surface area contributed by atoms with Crippen LogP contribution in [0.1, 0.15) is 0 Å². The van der Waals surface area contributed by atoms with Gasteiger partial charge in [0.25, 0.3) is 0 Å². The second-order valence-electron chi connectivity index (χ2n) is 15.8. The number of para-hydroxylation sites is 1. The molecule has 0 unspecified atom stereocenters. The average Bonchev–Trinajstić information content (AvgIpc) is 3.75. The number of anilines is 3. The lowest BCUT2D eigenvalue weighted by atomic mass is 9.60. The first-order valence-corrected chi connectivity index (χ1v) is 20.8. The summed E-state index contributed by atoms with van der Waals surface area (Å²) in [5.41, 5.74) is 9.87. The Kier molecular flexibility index (Phi) is 11.1. The van der Waals surface area contributed by atoms with Gasteiger partial charge < -0.3 is 9.32 Å². The monoisotopic (exact) mass is 818 g/mol. The van der Waals surface area contributed by atoms with E-state index in [0.717, 1.165) is 44.5 Å². The molecule has 0 saturated heterocycles. The molecular weight excluding hydrogens is 793 g/mol. The zero-order chi connectivity index (χ0) is 46.0. The van der Waals surface area contributed by atoms with Crippen molar-refractivity contribution in [2.75, 3.05) is 4.90 Å². The maximum absolute atomic E-state index is 6.86. The molecule has 0 atom stereocenters. The third-order valence-corrected chi connectivity index (χ3v) is 11.9. The third kappa shape index (κ3) is 7.26. The van der Waals surface area contributed by atoms with Crippen molar-refractivity contribution in [2.24, 2.45) is 0 Å². The Hall–Kier alpha value is -6.98. The molecule has 0 fully saturated rings. The highest BCUT2D eigenvalue weighted by atomic mass is 16.3. The summed E-state index contributed by atoms with van der Waals surface area (Å²) < 4.78 is 6.86. The molecule has 2 heterocycles. The van der Waals surface area contributed by atoms with Gasteiger partial charge in [0.2, 0.25) is 0 Å². The smallest absolute Gasteiger partial charge is 0.164 e. The van der Waals surface area contributed by atoms with E-state index in [1.165, 1.54) is 0 Å². The summed E-state index contributed by atoms with van der Waals surface area (Å²) in [5, 5.41) is 1.57. The molecule has 0 saturated carbocycles. The Morgan fingerprint density at radius 2 is 0.788 bits per heavy atom. The van der Waals surface area contributed by atoms with E-state index in [9.17, 15) is 0 Å². The molecule has 0 aliphatic heterocycles. The van der Waals surface area contributed by atoms with Gasteiger partial charge in [-0.25, -0.2) is 15.0 Å². The summed E-state index contributed by atoms with van der Waals surface area (Å²) in [5.74, 6) is 0.831. The van der Waals surface area contributed by atoms with Crippen LogP contribution >= 0.6 is 0 Å². The van der Waals surface area contributed by atoms with E-state index in [1.54, 1.807) is 0 Å². The highest BCUT2D eigenvalue weighted by molar-refractivity contribution is 6.69. The maximum Gasteiger partial charge on any atom is 0.164 e. The van der Waals surface area contributed by atoms with Crippen LogP contribution < -0.4 is 59.5 Å². The van der Waals surface area contributed by atoms with Crippen molar-refractivity contribution in [2.45, 2.75) is 0 Å². The predicted octanol–water partition coefficient (Wildman–Crippen LogP) is 1.51. The Balaban J connectivity index is 1.21. The molecule has 8 aromatic carbocycles. The zero-order valence-corrected chi connectivity index (χ0v) is 35.3. The van der Waals surface area contributed by atoms with Crippen LogP contribution in [0.5, 0.6) is 0 Å². The molecule has 0 spiro atoms. The van der Waals surface area contributed by atoms with Gasteiger partial charge in [-0.1, -0.05) is 125 Å². The van der Waals surface area contributed by atoms with Crippen LogP contribution in [0, 0.1) is 0 Å². The molecule has 0 bridgehead atoms. The van der Waals surface area contributed by atoms with Gasteiger partial charge in [-0.2, -0.15) is 0 Å². The number of rotatable bonds is 8. The molecule has 0 amide bonds. The van der Waals surface area contributed by atoms with Gasteiger partial charge in [0.05, 0.1) is 5.69 Å². The molecule has 20 radical (unpaired) electrons. The summed E-state index contributed by atoms with van der Waals surface area (Å²) in [6, 6.07) is 47.5. The molecule has 5 nitrogen and oxygen atoms in total. The van der Waals surface area contributed by atoms with E-state index in [4.69, 9.17) is 97.8 Å². The second kappa shape index (κ2) is 17.1. The van der Waals surface area contributed by atoms with Crippen molar-refractivity contribution >= 4 is 172 Å². The van der Waals surface area contributed by atoms with Crippen molar-refractivity contribution < 1.29 is 4.42 Å². The number of benzene rings is 8. The van der Waals surface area contributed by atoms with Crippen LogP contribution in [0.3, 0.4) is 0 Å². The van der Waals surface area contributed by atoms with Crippen LogP contribution in [0.2, 0.25) is 0 Å². The summed E-state index contributed by atoms with van der Waals surface area (Å²) in [7, 11) is 63.8. The van der Waals surface area contributed by atoms with Gasteiger partial charge in [-0.15, -0.1) is 32.8 Å². The number of hydrogen-bond donors (Lipinski definition) is 0. The van der Waals surface area contributed by atoms with Gasteiger partial charge in [0.15, 0.2) is 23.1 Å². The molecule has 0 aliphatic rings. The van der Waals surface area contributed by atoms with Gasteiger partial charge in [-0.05, 0) is 64.7 Å². The first-order valence-electron chi connectivity index (χ1n) is 20.8. The van der Waals surface area contributed by atoms with Gasteiger partial charge >= 0.3 is 0 Å². The summed E-state index contributed by atoms with van der Waals surface area (Å²) in [6.07, 6.45) is 0. The summed E-state index contributed by atoms with van der Waals surface area (Å²) >= 11 is 0. The Bertz CT molecular complexity index is 3480. The fraction of sp³-hybridized carbons (Fsp3) is 0. The summed E-state index contributed by atoms with van der Waals surface area (Å²) in [4.78, 5) is 17.1. The van der Waals surface area contributed by atoms with E-state index < -0.39 is 0 Å². The van der Waals surface area contributed by atoms with Crippen molar-refractivity contribution in [3.8, 4) is 56.4 Å². The quantitative estimate of drug-likeness (QED) is 0.218. The Morgan fingerprint density at radius 3 is 1.36 bits per heavy atom. The number of aromatic nitrogens is 3. The Morgan fingerprint density at radius 1 is 0.348 bits per heavy atom. The van der Waals surface area contributed by atoms with Gasteiger partial charge in [-0.3, -0.25) is 0 Å². The van der Waals surface area contributed by atoms with E-state index in [2.05, 4.69) is 41.3 Å². The van der Waals surface area contributed by atoms with Crippen LogP contribution in [0.25, 0.3) is 78.4 Å².